The van der Waals surface area contributed by atoms with Crippen LogP contribution in [-0.2, 0) is 19.3 Å². The smallest absolute Gasteiger partial charge is 0.178 e. The number of hydrogen-bond acceptors (Lipinski definition) is 4. The van der Waals surface area contributed by atoms with Crippen molar-refractivity contribution in [1.82, 2.24) is 0 Å². The van der Waals surface area contributed by atoms with Crippen molar-refractivity contribution in [3.8, 4) is 0 Å². The van der Waals surface area contributed by atoms with Crippen LogP contribution in [0.1, 0.15) is 46.0 Å². The van der Waals surface area contributed by atoms with E-state index in [9.17, 15) is 8.42 Å². The van der Waals surface area contributed by atoms with Crippen LogP contribution in [0.25, 0.3) is 0 Å². The maximum absolute atomic E-state index is 12.7. The van der Waals surface area contributed by atoms with Crippen LogP contribution >= 0.6 is 0 Å². The lowest BCUT2D eigenvalue weighted by Crippen LogP contribution is -2.50. The van der Waals surface area contributed by atoms with Crippen molar-refractivity contribution < 1.29 is 17.9 Å². The summed E-state index contributed by atoms with van der Waals surface area (Å²) in [5, 5.41) is 0. The molecule has 2 fully saturated rings. The van der Waals surface area contributed by atoms with E-state index in [1.807, 2.05) is 13.0 Å². The highest BCUT2D eigenvalue weighted by molar-refractivity contribution is 7.91. The first kappa shape index (κ1) is 17.9. The van der Waals surface area contributed by atoms with Gasteiger partial charge >= 0.3 is 0 Å². The third kappa shape index (κ3) is 3.84. The molecule has 1 aromatic rings. The van der Waals surface area contributed by atoms with E-state index in [1.54, 1.807) is 24.3 Å². The Morgan fingerprint density at radius 3 is 2.62 bits per heavy atom. The highest BCUT2D eigenvalue weighted by atomic mass is 32.2. The molecular formula is C19H28O4S. The van der Waals surface area contributed by atoms with Crippen LogP contribution in [-0.4, -0.2) is 32.7 Å². The lowest BCUT2D eigenvalue weighted by atomic mass is 9.84. The van der Waals surface area contributed by atoms with Gasteiger partial charge in [-0.3, -0.25) is 0 Å². The highest BCUT2D eigenvalue weighted by Gasteiger charge is 2.44. The molecule has 2 aliphatic heterocycles. The second-order valence-corrected chi connectivity index (χ2v) is 9.42. The number of rotatable bonds is 4. The third-order valence-electron chi connectivity index (χ3n) is 5.35. The quantitative estimate of drug-likeness (QED) is 0.827. The molecule has 0 aromatic heterocycles. The zero-order valence-electron chi connectivity index (χ0n) is 14.6. The predicted octanol–water partition coefficient (Wildman–Crippen LogP) is 3.81. The molecule has 2 saturated heterocycles. The summed E-state index contributed by atoms with van der Waals surface area (Å²) < 4.78 is 37.7. The molecule has 0 radical (unpaired) electrons. The minimum absolute atomic E-state index is 0.0621. The highest BCUT2D eigenvalue weighted by Crippen LogP contribution is 2.41. The molecule has 2 aliphatic rings. The maximum Gasteiger partial charge on any atom is 0.178 e. The van der Waals surface area contributed by atoms with Crippen molar-refractivity contribution in [3.63, 3.8) is 0 Å². The van der Waals surface area contributed by atoms with Crippen molar-refractivity contribution in [3.05, 3.63) is 30.3 Å². The van der Waals surface area contributed by atoms with Gasteiger partial charge in [0.2, 0.25) is 0 Å². The average molecular weight is 352 g/mol. The SMILES string of the molecule is C[C@@H]1CC[C@]2(CCCCO2)O[C@@H]1[C@@H](C)CS(=O)(=O)c1ccccc1. The number of sulfone groups is 1. The molecule has 0 N–H and O–H groups in total. The van der Waals surface area contributed by atoms with E-state index in [4.69, 9.17) is 9.47 Å². The Morgan fingerprint density at radius 2 is 1.96 bits per heavy atom. The normalized spacial score (nSPS) is 32.6. The molecule has 2 heterocycles. The summed E-state index contributed by atoms with van der Waals surface area (Å²) in [6, 6.07) is 8.70. The molecule has 1 spiro atoms. The second-order valence-electron chi connectivity index (χ2n) is 7.39. The predicted molar refractivity (Wildman–Crippen MR) is 93.5 cm³/mol. The van der Waals surface area contributed by atoms with Gasteiger partial charge < -0.3 is 9.47 Å². The zero-order chi connectivity index (χ0) is 17.2. The van der Waals surface area contributed by atoms with Crippen LogP contribution in [0.4, 0.5) is 0 Å². The summed E-state index contributed by atoms with van der Waals surface area (Å²) in [4.78, 5) is 0.393. The van der Waals surface area contributed by atoms with Crippen LogP contribution in [0.15, 0.2) is 35.2 Å². The first-order chi connectivity index (χ1) is 11.4. The first-order valence-corrected chi connectivity index (χ1v) is 10.7. The average Bonchev–Trinajstić information content (AvgIpc) is 2.58. The van der Waals surface area contributed by atoms with E-state index >= 15 is 0 Å². The Balaban J connectivity index is 1.72. The summed E-state index contributed by atoms with van der Waals surface area (Å²) in [6.07, 6.45) is 5.01. The fourth-order valence-electron chi connectivity index (χ4n) is 3.99. The van der Waals surface area contributed by atoms with Gasteiger partial charge in [0, 0.05) is 12.8 Å². The number of benzene rings is 1. The van der Waals surface area contributed by atoms with Gasteiger partial charge in [0.05, 0.1) is 23.4 Å². The van der Waals surface area contributed by atoms with Crippen LogP contribution in [0.3, 0.4) is 0 Å². The van der Waals surface area contributed by atoms with Crippen LogP contribution < -0.4 is 0 Å². The molecule has 3 rings (SSSR count). The lowest BCUT2D eigenvalue weighted by Gasteiger charge is -2.47. The fraction of sp³-hybridized carbons (Fsp3) is 0.684. The van der Waals surface area contributed by atoms with Gasteiger partial charge in [0.25, 0.3) is 0 Å². The minimum atomic E-state index is -3.30. The van der Waals surface area contributed by atoms with E-state index < -0.39 is 15.6 Å². The first-order valence-electron chi connectivity index (χ1n) is 9.01. The van der Waals surface area contributed by atoms with Crippen molar-refractivity contribution in [1.29, 1.82) is 0 Å². The molecule has 0 bridgehead atoms. The van der Waals surface area contributed by atoms with E-state index in [-0.39, 0.29) is 17.8 Å². The monoisotopic (exact) mass is 352 g/mol. The van der Waals surface area contributed by atoms with Crippen molar-refractivity contribution in [2.75, 3.05) is 12.4 Å². The Hall–Kier alpha value is -0.910. The molecular weight excluding hydrogens is 324 g/mol. The van der Waals surface area contributed by atoms with Crippen molar-refractivity contribution in [2.24, 2.45) is 11.8 Å². The number of hydrogen-bond donors (Lipinski definition) is 0. The van der Waals surface area contributed by atoms with Crippen LogP contribution in [0.5, 0.6) is 0 Å². The van der Waals surface area contributed by atoms with E-state index in [0.29, 0.717) is 10.8 Å². The second kappa shape index (κ2) is 7.14. The van der Waals surface area contributed by atoms with Crippen molar-refractivity contribution in [2.45, 2.75) is 62.7 Å². The molecule has 0 amide bonds. The molecule has 1 aromatic carbocycles. The van der Waals surface area contributed by atoms with Gasteiger partial charge in [-0.05, 0) is 43.2 Å². The largest absolute Gasteiger partial charge is 0.350 e. The van der Waals surface area contributed by atoms with E-state index in [2.05, 4.69) is 6.92 Å². The molecule has 4 nitrogen and oxygen atoms in total. The van der Waals surface area contributed by atoms with Crippen LogP contribution in [0.2, 0.25) is 0 Å². The third-order valence-corrected chi connectivity index (χ3v) is 7.31. The maximum atomic E-state index is 12.7. The van der Waals surface area contributed by atoms with Gasteiger partial charge in [-0.15, -0.1) is 0 Å². The summed E-state index contributed by atoms with van der Waals surface area (Å²) in [7, 11) is -3.30. The Bertz CT molecular complexity index is 635. The molecule has 0 aliphatic carbocycles. The van der Waals surface area contributed by atoms with Crippen molar-refractivity contribution >= 4 is 9.84 Å². The van der Waals surface area contributed by atoms with Gasteiger partial charge in [-0.2, -0.15) is 0 Å². The zero-order valence-corrected chi connectivity index (χ0v) is 15.4. The standard InChI is InChI=1S/C19H28O4S/c1-15-10-12-19(11-6-7-13-22-19)23-18(15)16(2)14-24(20,21)17-8-4-3-5-9-17/h3-5,8-9,15-16,18H,6-7,10-14H2,1-2H3/t15-,16+,18+,19+/m1/s1. The van der Waals surface area contributed by atoms with Gasteiger partial charge in [-0.25, -0.2) is 8.42 Å². The van der Waals surface area contributed by atoms with Gasteiger partial charge in [0.15, 0.2) is 15.6 Å². The molecule has 4 atom stereocenters. The Labute approximate surface area is 145 Å². The molecule has 0 saturated carbocycles. The molecule has 24 heavy (non-hydrogen) atoms. The minimum Gasteiger partial charge on any atom is -0.350 e. The Kier molecular flexibility index (Phi) is 5.33. The number of ether oxygens (including phenoxy) is 2. The fourth-order valence-corrected chi connectivity index (χ4v) is 5.64. The van der Waals surface area contributed by atoms with E-state index in [0.717, 1.165) is 38.7 Å². The summed E-state index contributed by atoms with van der Waals surface area (Å²) in [5.74, 6) is -0.0718. The lowest BCUT2D eigenvalue weighted by molar-refractivity contribution is -0.310. The molecule has 5 heteroatoms. The summed E-state index contributed by atoms with van der Waals surface area (Å²) >= 11 is 0. The topological polar surface area (TPSA) is 52.6 Å². The Morgan fingerprint density at radius 1 is 1.21 bits per heavy atom. The summed E-state index contributed by atoms with van der Waals surface area (Å²) in [5.41, 5.74) is 0. The van der Waals surface area contributed by atoms with Crippen LogP contribution in [0, 0.1) is 11.8 Å². The molecule has 0 unspecified atom stereocenters. The van der Waals surface area contributed by atoms with E-state index in [1.165, 1.54) is 0 Å². The van der Waals surface area contributed by atoms with Gasteiger partial charge in [0.1, 0.15) is 0 Å². The molecule has 134 valence electrons. The summed E-state index contributed by atoms with van der Waals surface area (Å²) in [6.45, 7) is 4.90. The van der Waals surface area contributed by atoms with Gasteiger partial charge in [-0.1, -0.05) is 32.0 Å².